The molecule has 8 aromatic rings. The van der Waals surface area contributed by atoms with Crippen molar-refractivity contribution in [3.63, 3.8) is 0 Å². The van der Waals surface area contributed by atoms with Gasteiger partial charge in [0.2, 0.25) is 0 Å². The van der Waals surface area contributed by atoms with Crippen LogP contribution in [0.1, 0.15) is 47.4 Å². The second-order valence-corrected chi connectivity index (χ2v) is 14.5. The molecule has 0 saturated carbocycles. The summed E-state index contributed by atoms with van der Waals surface area (Å²) < 4.78 is 12.1. The van der Waals surface area contributed by atoms with E-state index in [0.29, 0.717) is 62.8 Å². The minimum Gasteiger partial charge on any atom is -1.00 e. The maximum absolute atomic E-state index is 12.1. The Labute approximate surface area is 382 Å². The third-order valence-electron chi connectivity index (χ3n) is 8.74. The number of H-pyrrole nitrogens is 1. The molecule has 0 amide bonds. The number of nitrogens with zero attached hydrogens (tertiary/aromatic N) is 3. The number of fused-ring (bicyclic) bond motifs is 6. The molecule has 0 radical (unpaired) electrons. The molecule has 8 rings (SSSR count). The number of halogens is 5. The summed E-state index contributed by atoms with van der Waals surface area (Å²) >= 11 is 29.5. The predicted octanol–water partition coefficient (Wildman–Crippen LogP) is 8.63. The van der Waals surface area contributed by atoms with Crippen LogP contribution in [-0.4, -0.2) is 44.7 Å². The summed E-state index contributed by atoms with van der Waals surface area (Å²) in [5.41, 5.74) is 19.1. The summed E-state index contributed by atoms with van der Waals surface area (Å²) in [5.74, 6) is -0.464. The molecule has 0 bridgehead atoms. The SMILES string of the molecule is CCOC(=O)c1cc2c(cn1)[nH]c1ccc(N)cc12.CCOC(=O)c1cc2c3cc(N)ccc3n(Cc3cc(Cl)ccc3Cl)c2cn1.ClCc1cc(Cl)ccc1Cl.[H-].[Na+]. The fraction of sp³-hybridized carbons (Fsp3) is 0.143. The van der Waals surface area contributed by atoms with Gasteiger partial charge in [-0.3, -0.25) is 0 Å². The standard InChI is InChI=1S/C21H17Cl2N3O2.C14H13N3O2.C7H5Cl3.Na.H/c1-2-28-21(27)18-9-16-15-8-14(24)4-6-19(15)26(20(16)10-25-18)11-12-7-13(22)3-5-17(12)23;1-2-19-14(18)12-6-10-9-5-8(15)3-4-11(9)17-13(10)7-16-12;8-4-5-3-6(9)1-2-7(5)10;;/h3-10H,2,11,24H2,1H3;3-7,17H,2,15H2,1H3;1-3H,4H2;;/q;;;+1;-1. The average molecular weight is 889 g/mol. The zero-order valence-electron chi connectivity index (χ0n) is 32.6. The van der Waals surface area contributed by atoms with Gasteiger partial charge in [0.05, 0.1) is 36.6 Å². The molecule has 4 aromatic heterocycles. The maximum atomic E-state index is 12.1. The van der Waals surface area contributed by atoms with Crippen LogP contribution in [0.15, 0.2) is 97.3 Å². The number of nitrogens with one attached hydrogen (secondary N) is 1. The van der Waals surface area contributed by atoms with Crippen LogP contribution in [0.3, 0.4) is 0 Å². The number of anilines is 2. The number of pyridine rings is 2. The van der Waals surface area contributed by atoms with Crippen LogP contribution in [0.5, 0.6) is 0 Å². The first-order chi connectivity index (χ1) is 27.4. The fourth-order valence-corrected chi connectivity index (χ4v) is 7.15. The molecule has 0 unspecified atom stereocenters. The van der Waals surface area contributed by atoms with Crippen molar-refractivity contribution in [3.05, 3.63) is 140 Å². The van der Waals surface area contributed by atoms with E-state index in [9.17, 15) is 9.59 Å². The van der Waals surface area contributed by atoms with Gasteiger partial charge in [-0.05, 0) is 110 Å². The molecule has 294 valence electrons. The summed E-state index contributed by atoms with van der Waals surface area (Å²) in [7, 11) is 0. The van der Waals surface area contributed by atoms with Gasteiger partial charge in [-0.15, -0.1) is 11.6 Å². The van der Waals surface area contributed by atoms with Gasteiger partial charge in [0.25, 0.3) is 0 Å². The Hall–Kier alpha value is -4.23. The van der Waals surface area contributed by atoms with Crippen LogP contribution in [0.2, 0.25) is 20.1 Å². The van der Waals surface area contributed by atoms with Gasteiger partial charge in [-0.1, -0.05) is 46.4 Å². The molecule has 0 atom stereocenters. The van der Waals surface area contributed by atoms with Crippen molar-refractivity contribution in [2.45, 2.75) is 26.3 Å². The van der Waals surface area contributed by atoms with Gasteiger partial charge in [0.15, 0.2) is 0 Å². The van der Waals surface area contributed by atoms with Gasteiger partial charge >= 0.3 is 41.5 Å². The van der Waals surface area contributed by atoms with Crippen LogP contribution < -0.4 is 41.0 Å². The topological polar surface area (TPSA) is 151 Å². The van der Waals surface area contributed by atoms with Crippen molar-refractivity contribution in [2.24, 2.45) is 0 Å². The number of nitrogens with two attached hydrogens (primary N) is 2. The Morgan fingerprint density at radius 2 is 1.17 bits per heavy atom. The quantitative estimate of drug-likeness (QED) is 0.0623. The second kappa shape index (κ2) is 20.2. The zero-order chi connectivity index (χ0) is 40.8. The fourth-order valence-electron chi connectivity index (χ4n) is 6.11. The first kappa shape index (κ1) is 44.9. The number of esters is 2. The first-order valence-corrected chi connectivity index (χ1v) is 19.6. The summed E-state index contributed by atoms with van der Waals surface area (Å²) in [6.07, 6.45) is 3.31. The molecule has 0 spiro atoms. The Bertz CT molecular complexity index is 2780. The van der Waals surface area contributed by atoms with E-state index in [-0.39, 0.29) is 36.7 Å². The number of aromatic amines is 1. The summed E-state index contributed by atoms with van der Waals surface area (Å²) in [6.45, 7) is 4.66. The van der Waals surface area contributed by atoms with Crippen molar-refractivity contribution >= 4 is 125 Å². The van der Waals surface area contributed by atoms with Crippen LogP contribution in [-0.2, 0) is 21.9 Å². The van der Waals surface area contributed by atoms with Crippen molar-refractivity contribution in [1.82, 2.24) is 19.5 Å². The summed E-state index contributed by atoms with van der Waals surface area (Å²) in [4.78, 5) is 35.5. The van der Waals surface area contributed by atoms with E-state index in [0.717, 1.165) is 54.7 Å². The monoisotopic (exact) mass is 886 g/mol. The van der Waals surface area contributed by atoms with Crippen molar-refractivity contribution < 1.29 is 50.0 Å². The largest absolute Gasteiger partial charge is 1.00 e. The number of hydrogen-bond donors (Lipinski definition) is 3. The number of nitrogen functional groups attached to an aromatic ring is 2. The van der Waals surface area contributed by atoms with Crippen molar-refractivity contribution in [1.29, 1.82) is 0 Å². The number of ether oxygens (including phenoxy) is 2. The average Bonchev–Trinajstić information content (AvgIpc) is 3.71. The molecular weight excluding hydrogens is 853 g/mol. The predicted molar refractivity (Wildman–Crippen MR) is 234 cm³/mol. The number of alkyl halides is 1. The Kier molecular flexibility index (Phi) is 15.6. The number of rotatable bonds is 7. The van der Waals surface area contributed by atoms with Crippen molar-refractivity contribution in [3.8, 4) is 0 Å². The zero-order valence-corrected chi connectivity index (χ0v) is 37.4. The first-order valence-electron chi connectivity index (χ1n) is 17.5. The third kappa shape index (κ3) is 10.3. The molecule has 4 heterocycles. The molecule has 0 saturated heterocycles. The Morgan fingerprint density at radius 3 is 1.78 bits per heavy atom. The molecule has 5 N–H and O–H groups in total. The van der Waals surface area contributed by atoms with E-state index in [1.165, 1.54) is 0 Å². The van der Waals surface area contributed by atoms with E-state index in [4.69, 9.17) is 78.9 Å². The van der Waals surface area contributed by atoms with Crippen molar-refractivity contribution in [2.75, 3.05) is 24.7 Å². The molecule has 4 aromatic carbocycles. The van der Waals surface area contributed by atoms with Gasteiger partial charge < -0.3 is 31.9 Å². The van der Waals surface area contributed by atoms with Crippen LogP contribution in [0.4, 0.5) is 11.4 Å². The second-order valence-electron chi connectivity index (χ2n) is 12.5. The van der Waals surface area contributed by atoms with E-state index >= 15 is 0 Å². The van der Waals surface area contributed by atoms with E-state index in [2.05, 4.69) is 19.5 Å². The summed E-state index contributed by atoms with van der Waals surface area (Å²) in [6, 6.07) is 25.4. The molecule has 0 aliphatic carbocycles. The van der Waals surface area contributed by atoms with Crippen LogP contribution in [0.25, 0.3) is 43.6 Å². The Balaban J connectivity index is 0.000000214. The van der Waals surface area contributed by atoms with Gasteiger partial charge in [-0.2, -0.15) is 0 Å². The third-order valence-corrected chi connectivity index (χ3v) is 10.2. The minimum absolute atomic E-state index is 0. The molecule has 0 aliphatic rings. The van der Waals surface area contributed by atoms with Gasteiger partial charge in [0.1, 0.15) is 11.4 Å². The Morgan fingerprint density at radius 1 is 0.655 bits per heavy atom. The number of benzene rings is 4. The number of aromatic nitrogens is 4. The maximum Gasteiger partial charge on any atom is 1.00 e. The number of carbonyl (C=O) groups excluding carboxylic acids is 2. The van der Waals surface area contributed by atoms with Crippen LogP contribution >= 0.6 is 58.0 Å². The van der Waals surface area contributed by atoms with E-state index in [1.807, 2.05) is 42.5 Å². The number of carbonyl (C=O) groups is 2. The minimum atomic E-state index is -0.452. The molecular formula is C42H36Cl5N6NaO4. The van der Waals surface area contributed by atoms with E-state index < -0.39 is 11.9 Å². The van der Waals surface area contributed by atoms with E-state index in [1.54, 1.807) is 68.7 Å². The molecule has 0 fully saturated rings. The molecule has 16 heteroatoms. The summed E-state index contributed by atoms with van der Waals surface area (Å²) in [5, 5.41) is 6.28. The van der Waals surface area contributed by atoms with Gasteiger partial charge in [0, 0.05) is 76.5 Å². The normalized spacial score (nSPS) is 10.7. The molecule has 0 aliphatic heterocycles. The smallest absolute Gasteiger partial charge is 1.00 e. The van der Waals surface area contributed by atoms with Crippen LogP contribution in [0, 0.1) is 0 Å². The van der Waals surface area contributed by atoms with Gasteiger partial charge in [-0.25, -0.2) is 19.6 Å². The molecule has 58 heavy (non-hydrogen) atoms. The molecule has 10 nitrogen and oxygen atoms in total. The number of hydrogen-bond acceptors (Lipinski definition) is 8.